The van der Waals surface area contributed by atoms with Crippen molar-refractivity contribution in [2.75, 3.05) is 13.1 Å². The Balaban J connectivity index is 0.000000424. The van der Waals surface area contributed by atoms with E-state index in [1.807, 2.05) is 0 Å². The Kier molecular flexibility index (Phi) is 4.81. The van der Waals surface area contributed by atoms with Crippen LogP contribution < -0.4 is 5.14 Å². The lowest BCUT2D eigenvalue weighted by atomic mass is 10.4. The minimum atomic E-state index is -3.64. The first-order valence-electron chi connectivity index (χ1n) is 3.41. The van der Waals surface area contributed by atoms with E-state index in [4.69, 9.17) is 15.0 Å². The van der Waals surface area contributed by atoms with Gasteiger partial charge < -0.3 is 5.11 Å². The highest BCUT2D eigenvalue weighted by Gasteiger charge is 2.28. The molecular weight excluding hydrogens is 203 g/mol. The molecule has 0 aromatic heterocycles. The zero-order chi connectivity index (χ0) is 10.5. The van der Waals surface area contributed by atoms with Crippen LogP contribution >= 0.6 is 0 Å². The number of alkyl halides is 1. The molecule has 1 fully saturated rings. The van der Waals surface area contributed by atoms with E-state index in [2.05, 4.69) is 0 Å². The summed E-state index contributed by atoms with van der Waals surface area (Å²) in [4.78, 5) is 8.36. The molecular formula is C5H11FN2O4S. The van der Waals surface area contributed by atoms with Crippen molar-refractivity contribution < 1.29 is 22.7 Å². The standard InChI is InChI=1S/C4H9FN2O2S.CH2O2/c5-4-1-2-7(3-4)10(6,8)9;2-1-3/h4H,1-3H2,(H2,6,8,9);1H,(H,2,3). The molecule has 0 radical (unpaired) electrons. The van der Waals surface area contributed by atoms with E-state index in [9.17, 15) is 12.8 Å². The van der Waals surface area contributed by atoms with Crippen LogP contribution in [0.1, 0.15) is 6.42 Å². The molecule has 13 heavy (non-hydrogen) atoms. The maximum Gasteiger partial charge on any atom is 0.290 e. The Hall–Kier alpha value is -0.730. The van der Waals surface area contributed by atoms with Gasteiger partial charge in [0.15, 0.2) is 0 Å². The van der Waals surface area contributed by atoms with Crippen molar-refractivity contribution in [2.24, 2.45) is 5.14 Å². The Bertz CT molecular complexity index is 255. The van der Waals surface area contributed by atoms with E-state index >= 15 is 0 Å². The third kappa shape index (κ3) is 4.76. The summed E-state index contributed by atoms with van der Waals surface area (Å²) < 4.78 is 34.3. The number of nitrogens with zero attached hydrogens (tertiary/aromatic N) is 1. The number of nitrogens with two attached hydrogens (primary N) is 1. The molecule has 1 atom stereocenters. The normalized spacial score (nSPS) is 23.4. The quantitative estimate of drug-likeness (QED) is 0.543. The lowest BCUT2D eigenvalue weighted by Crippen LogP contribution is -2.34. The smallest absolute Gasteiger partial charge is 0.290 e. The van der Waals surface area contributed by atoms with Crippen LogP contribution in [-0.4, -0.2) is 43.6 Å². The summed E-state index contributed by atoms with van der Waals surface area (Å²) in [7, 11) is -3.64. The van der Waals surface area contributed by atoms with Gasteiger partial charge in [-0.05, 0) is 6.42 Å². The highest BCUT2D eigenvalue weighted by molar-refractivity contribution is 7.86. The van der Waals surface area contributed by atoms with Gasteiger partial charge >= 0.3 is 0 Å². The van der Waals surface area contributed by atoms with Crippen LogP contribution in [0.4, 0.5) is 4.39 Å². The monoisotopic (exact) mass is 214 g/mol. The molecule has 6 nitrogen and oxygen atoms in total. The first kappa shape index (κ1) is 12.3. The molecule has 1 unspecified atom stereocenters. The van der Waals surface area contributed by atoms with E-state index in [0.717, 1.165) is 4.31 Å². The number of hydrogen-bond acceptors (Lipinski definition) is 3. The number of rotatable bonds is 1. The number of halogens is 1. The topological polar surface area (TPSA) is 101 Å². The van der Waals surface area contributed by atoms with E-state index in [1.165, 1.54) is 0 Å². The summed E-state index contributed by atoms with van der Waals surface area (Å²) in [6, 6.07) is 0. The summed E-state index contributed by atoms with van der Waals surface area (Å²) >= 11 is 0. The van der Waals surface area contributed by atoms with Crippen molar-refractivity contribution in [3.05, 3.63) is 0 Å². The van der Waals surface area contributed by atoms with Crippen molar-refractivity contribution in [3.63, 3.8) is 0 Å². The molecule has 0 aliphatic carbocycles. The zero-order valence-corrected chi connectivity index (χ0v) is 7.58. The number of hydrogen-bond donors (Lipinski definition) is 2. The predicted molar refractivity (Wildman–Crippen MR) is 42.9 cm³/mol. The third-order valence-corrected chi connectivity index (χ3v) is 2.50. The number of carboxylic acid groups (broad SMARTS) is 1. The fraction of sp³-hybridized carbons (Fsp3) is 0.800. The van der Waals surface area contributed by atoms with Crippen molar-refractivity contribution in [2.45, 2.75) is 12.6 Å². The minimum absolute atomic E-state index is 0.0845. The molecule has 1 saturated heterocycles. The van der Waals surface area contributed by atoms with Crippen LogP contribution in [0.5, 0.6) is 0 Å². The molecule has 1 heterocycles. The second kappa shape index (κ2) is 5.10. The number of carbonyl (C=O) groups is 1. The Morgan fingerprint density at radius 3 is 2.23 bits per heavy atom. The van der Waals surface area contributed by atoms with Gasteiger partial charge in [-0.2, -0.15) is 12.7 Å². The van der Waals surface area contributed by atoms with Gasteiger partial charge in [-0.25, -0.2) is 9.53 Å². The van der Waals surface area contributed by atoms with Crippen LogP contribution in [-0.2, 0) is 15.0 Å². The van der Waals surface area contributed by atoms with Crippen LogP contribution in [0.2, 0.25) is 0 Å². The van der Waals surface area contributed by atoms with E-state index in [1.54, 1.807) is 0 Å². The van der Waals surface area contributed by atoms with Gasteiger partial charge in [-0.3, -0.25) is 4.79 Å². The molecule has 78 valence electrons. The van der Waals surface area contributed by atoms with Crippen molar-refractivity contribution in [1.29, 1.82) is 0 Å². The summed E-state index contributed by atoms with van der Waals surface area (Å²) in [6.07, 6.45) is -0.783. The summed E-state index contributed by atoms with van der Waals surface area (Å²) in [6.45, 7) is -0.126. The molecule has 0 spiro atoms. The van der Waals surface area contributed by atoms with Crippen molar-refractivity contribution >= 4 is 16.7 Å². The Labute approximate surface area is 75.3 Å². The van der Waals surface area contributed by atoms with E-state index < -0.39 is 16.4 Å². The lowest BCUT2D eigenvalue weighted by Gasteiger charge is -2.09. The maximum absolute atomic E-state index is 12.3. The molecule has 1 rings (SSSR count). The first-order chi connectivity index (χ1) is 5.91. The van der Waals surface area contributed by atoms with Crippen LogP contribution in [0.15, 0.2) is 0 Å². The van der Waals surface area contributed by atoms with Gasteiger partial charge in [-0.1, -0.05) is 0 Å². The Morgan fingerprint density at radius 2 is 2.08 bits per heavy atom. The van der Waals surface area contributed by atoms with Gasteiger partial charge in [0, 0.05) is 13.1 Å². The second-order valence-electron chi connectivity index (χ2n) is 2.39. The van der Waals surface area contributed by atoms with Crippen LogP contribution in [0.25, 0.3) is 0 Å². The molecule has 1 aliphatic rings. The fourth-order valence-corrected chi connectivity index (χ4v) is 1.65. The van der Waals surface area contributed by atoms with Gasteiger partial charge in [0.05, 0.1) is 0 Å². The lowest BCUT2D eigenvalue weighted by molar-refractivity contribution is -0.122. The Morgan fingerprint density at radius 1 is 1.62 bits per heavy atom. The minimum Gasteiger partial charge on any atom is -0.483 e. The van der Waals surface area contributed by atoms with Gasteiger partial charge in [-0.15, -0.1) is 0 Å². The van der Waals surface area contributed by atoms with Gasteiger partial charge in [0.25, 0.3) is 16.7 Å². The molecule has 3 N–H and O–H groups in total. The van der Waals surface area contributed by atoms with E-state index in [-0.39, 0.29) is 26.0 Å². The van der Waals surface area contributed by atoms with Crippen molar-refractivity contribution in [3.8, 4) is 0 Å². The summed E-state index contributed by atoms with van der Waals surface area (Å²) in [5.41, 5.74) is 0. The average Bonchev–Trinajstić information content (AvgIpc) is 2.35. The third-order valence-electron chi connectivity index (χ3n) is 1.45. The highest BCUT2D eigenvalue weighted by atomic mass is 32.2. The molecule has 0 saturated carbocycles. The predicted octanol–water partition coefficient (Wildman–Crippen LogP) is -1.07. The first-order valence-corrected chi connectivity index (χ1v) is 4.92. The van der Waals surface area contributed by atoms with Gasteiger partial charge in [0.1, 0.15) is 6.17 Å². The molecule has 0 bridgehead atoms. The van der Waals surface area contributed by atoms with Crippen molar-refractivity contribution in [1.82, 2.24) is 4.31 Å². The molecule has 8 heteroatoms. The van der Waals surface area contributed by atoms with Gasteiger partial charge in [0.2, 0.25) is 0 Å². The summed E-state index contributed by atoms with van der Waals surface area (Å²) in [5.74, 6) is 0. The van der Waals surface area contributed by atoms with Crippen LogP contribution in [0, 0.1) is 0 Å². The second-order valence-corrected chi connectivity index (χ2v) is 3.94. The SMILES string of the molecule is NS(=O)(=O)N1CCC(F)C1.O=CO. The average molecular weight is 214 g/mol. The highest BCUT2D eigenvalue weighted by Crippen LogP contribution is 2.13. The zero-order valence-electron chi connectivity index (χ0n) is 6.76. The molecule has 1 aliphatic heterocycles. The molecule has 0 aromatic carbocycles. The van der Waals surface area contributed by atoms with Crippen LogP contribution in [0.3, 0.4) is 0 Å². The molecule has 0 aromatic rings. The van der Waals surface area contributed by atoms with E-state index in [0.29, 0.717) is 0 Å². The maximum atomic E-state index is 12.3. The molecule has 0 amide bonds. The largest absolute Gasteiger partial charge is 0.483 e. The summed E-state index contributed by atoms with van der Waals surface area (Å²) in [5, 5.41) is 11.6. The fourth-order valence-electron chi connectivity index (χ4n) is 0.919.